The quantitative estimate of drug-likeness (QED) is 0.113. The van der Waals surface area contributed by atoms with Crippen LogP contribution in [0.2, 0.25) is 0 Å². The number of fused-ring (bicyclic) bond motifs is 1. The maximum Gasteiger partial charge on any atom is 0.120 e. The van der Waals surface area contributed by atoms with Gasteiger partial charge in [-0.05, 0) is 97.5 Å². The highest BCUT2D eigenvalue weighted by molar-refractivity contribution is 6.17. The van der Waals surface area contributed by atoms with Crippen LogP contribution in [-0.2, 0) is 6.54 Å². The number of benzene rings is 3. The summed E-state index contributed by atoms with van der Waals surface area (Å²) in [6.45, 7) is 9.46. The second kappa shape index (κ2) is 14.2. The van der Waals surface area contributed by atoms with Gasteiger partial charge in [-0.25, -0.2) is 0 Å². The molecule has 0 unspecified atom stereocenters. The molecule has 4 nitrogen and oxygen atoms in total. The number of rotatable bonds is 15. The Labute approximate surface area is 232 Å². The molecule has 0 atom stereocenters. The molecule has 5 heteroatoms. The van der Waals surface area contributed by atoms with Gasteiger partial charge in [0.25, 0.3) is 0 Å². The lowest BCUT2D eigenvalue weighted by Crippen LogP contribution is -2.03. The lowest BCUT2D eigenvalue weighted by atomic mass is 10.1. The Kier molecular flexibility index (Phi) is 10.4. The zero-order valence-corrected chi connectivity index (χ0v) is 23.7. The van der Waals surface area contributed by atoms with Gasteiger partial charge in [0.1, 0.15) is 17.2 Å². The fourth-order valence-corrected chi connectivity index (χ4v) is 4.73. The molecule has 4 aromatic rings. The molecule has 0 aliphatic rings. The van der Waals surface area contributed by atoms with Gasteiger partial charge >= 0.3 is 0 Å². The first kappa shape index (κ1) is 27.9. The minimum atomic E-state index is 0.609. The second-order valence-corrected chi connectivity index (χ2v) is 10.1. The van der Waals surface area contributed by atoms with Crippen molar-refractivity contribution in [3.63, 3.8) is 0 Å². The van der Waals surface area contributed by atoms with Crippen molar-refractivity contribution in [3.8, 4) is 28.5 Å². The molecule has 0 N–H and O–H groups in total. The fraction of sp³-hybridized carbons (Fsp3) is 0.394. The van der Waals surface area contributed by atoms with Gasteiger partial charge < -0.3 is 18.8 Å². The van der Waals surface area contributed by atoms with Crippen LogP contribution >= 0.6 is 11.6 Å². The third-order valence-electron chi connectivity index (χ3n) is 6.76. The molecule has 0 aliphatic carbocycles. The normalized spacial score (nSPS) is 11.2. The van der Waals surface area contributed by atoms with Crippen molar-refractivity contribution in [2.24, 2.45) is 0 Å². The van der Waals surface area contributed by atoms with Gasteiger partial charge in [0.15, 0.2) is 0 Å². The van der Waals surface area contributed by atoms with E-state index in [4.69, 9.17) is 25.8 Å². The van der Waals surface area contributed by atoms with Gasteiger partial charge in [0.05, 0.1) is 25.5 Å². The number of nitrogens with zero attached hydrogens (tertiary/aromatic N) is 1. The largest absolute Gasteiger partial charge is 0.494 e. The van der Waals surface area contributed by atoms with Crippen molar-refractivity contribution < 1.29 is 14.2 Å². The Bertz CT molecular complexity index is 1280. The number of alkyl halides is 1. The van der Waals surface area contributed by atoms with Crippen molar-refractivity contribution in [3.05, 3.63) is 77.9 Å². The Morgan fingerprint density at radius 2 is 1.24 bits per heavy atom. The molecule has 3 aromatic carbocycles. The number of hydrogen-bond acceptors (Lipinski definition) is 3. The first-order valence-corrected chi connectivity index (χ1v) is 14.4. The van der Waals surface area contributed by atoms with Crippen LogP contribution in [0.4, 0.5) is 0 Å². The maximum atomic E-state index is 6.05. The fourth-order valence-electron chi connectivity index (χ4n) is 4.62. The number of halogens is 1. The van der Waals surface area contributed by atoms with Crippen LogP contribution in [0.15, 0.2) is 66.7 Å². The van der Waals surface area contributed by atoms with E-state index in [0.717, 1.165) is 69.1 Å². The van der Waals surface area contributed by atoms with E-state index >= 15 is 0 Å². The van der Waals surface area contributed by atoms with Crippen LogP contribution in [0, 0.1) is 6.92 Å². The van der Waals surface area contributed by atoms with E-state index in [1.807, 2.05) is 12.1 Å². The topological polar surface area (TPSA) is 32.6 Å². The van der Waals surface area contributed by atoms with Gasteiger partial charge in [-0.2, -0.15) is 0 Å². The molecule has 4 rings (SSSR count). The van der Waals surface area contributed by atoms with Gasteiger partial charge in [-0.3, -0.25) is 0 Å². The summed E-state index contributed by atoms with van der Waals surface area (Å²) in [6, 6.07) is 23.4. The zero-order chi connectivity index (χ0) is 26.7. The van der Waals surface area contributed by atoms with E-state index in [2.05, 4.69) is 79.9 Å². The molecule has 0 radical (unpaired) electrons. The monoisotopic (exact) mass is 533 g/mol. The molecule has 0 saturated heterocycles. The number of aromatic nitrogens is 1. The van der Waals surface area contributed by atoms with Gasteiger partial charge in [0.2, 0.25) is 0 Å². The highest BCUT2D eigenvalue weighted by Gasteiger charge is 2.17. The highest BCUT2D eigenvalue weighted by atomic mass is 35.5. The smallest absolute Gasteiger partial charge is 0.120 e. The standard InChI is InChI=1S/C33H40ClNO3/c1-4-6-20-36-29-15-11-27(12-16-29)33-25(3)31-23-30(38-21-7-5-2)17-18-32(31)35(33)24-26-9-13-28(14-10-26)37-22-8-19-34/h9-18,23H,4-8,19-22,24H2,1-3H3. The summed E-state index contributed by atoms with van der Waals surface area (Å²) < 4.78 is 20.2. The molecule has 0 fully saturated rings. The first-order chi connectivity index (χ1) is 18.6. The molecule has 1 heterocycles. The van der Waals surface area contributed by atoms with Crippen molar-refractivity contribution in [2.75, 3.05) is 25.7 Å². The van der Waals surface area contributed by atoms with Crippen LogP contribution in [0.3, 0.4) is 0 Å². The summed E-state index contributed by atoms with van der Waals surface area (Å²) >= 11 is 5.78. The van der Waals surface area contributed by atoms with E-state index in [0.29, 0.717) is 12.5 Å². The average Bonchev–Trinajstić information content (AvgIpc) is 3.21. The predicted molar refractivity (Wildman–Crippen MR) is 159 cm³/mol. The molecule has 38 heavy (non-hydrogen) atoms. The predicted octanol–water partition coefficient (Wildman–Crippen LogP) is 9.03. The molecule has 0 spiro atoms. The number of unbranched alkanes of at least 4 members (excludes halogenated alkanes) is 2. The lowest BCUT2D eigenvalue weighted by Gasteiger charge is -2.14. The molecular weight excluding hydrogens is 494 g/mol. The molecule has 0 amide bonds. The number of aryl methyl sites for hydroxylation is 1. The summed E-state index contributed by atoms with van der Waals surface area (Å²) in [5.74, 6) is 3.33. The molecule has 0 bridgehead atoms. The van der Waals surface area contributed by atoms with E-state index in [1.54, 1.807) is 0 Å². The zero-order valence-electron chi connectivity index (χ0n) is 23.0. The van der Waals surface area contributed by atoms with E-state index in [1.165, 1.54) is 33.3 Å². The summed E-state index contributed by atoms with van der Waals surface area (Å²) in [4.78, 5) is 0. The maximum absolute atomic E-state index is 6.05. The summed E-state index contributed by atoms with van der Waals surface area (Å²) in [7, 11) is 0. The van der Waals surface area contributed by atoms with Crippen molar-refractivity contribution in [1.29, 1.82) is 0 Å². The SMILES string of the molecule is CCCCOc1ccc(-c2c(C)c3cc(OCCCC)ccc3n2Cc2ccc(OCCCCl)cc2)cc1. The van der Waals surface area contributed by atoms with Crippen LogP contribution in [-0.4, -0.2) is 30.3 Å². The molecular formula is C33H40ClNO3. The molecule has 0 saturated carbocycles. The van der Waals surface area contributed by atoms with Crippen LogP contribution in [0.5, 0.6) is 17.2 Å². The third kappa shape index (κ3) is 7.05. The summed E-state index contributed by atoms with van der Waals surface area (Å²) in [5.41, 5.74) is 6.06. The minimum absolute atomic E-state index is 0.609. The molecule has 202 valence electrons. The Morgan fingerprint density at radius 1 is 0.684 bits per heavy atom. The third-order valence-corrected chi connectivity index (χ3v) is 7.03. The molecule has 1 aromatic heterocycles. The van der Waals surface area contributed by atoms with Gasteiger partial charge in [-0.15, -0.1) is 11.6 Å². The van der Waals surface area contributed by atoms with E-state index in [9.17, 15) is 0 Å². The number of ether oxygens (including phenoxy) is 3. The minimum Gasteiger partial charge on any atom is -0.494 e. The number of hydrogen-bond donors (Lipinski definition) is 0. The van der Waals surface area contributed by atoms with Gasteiger partial charge in [-0.1, -0.05) is 38.8 Å². The van der Waals surface area contributed by atoms with Gasteiger partial charge in [0, 0.05) is 23.3 Å². The van der Waals surface area contributed by atoms with Crippen molar-refractivity contribution in [1.82, 2.24) is 4.57 Å². The van der Waals surface area contributed by atoms with Crippen LogP contribution in [0.1, 0.15) is 57.1 Å². The van der Waals surface area contributed by atoms with E-state index < -0.39 is 0 Å². The summed E-state index contributed by atoms with van der Waals surface area (Å²) in [6.07, 6.45) is 5.21. The van der Waals surface area contributed by atoms with E-state index in [-0.39, 0.29) is 0 Å². The van der Waals surface area contributed by atoms with Crippen LogP contribution < -0.4 is 14.2 Å². The van der Waals surface area contributed by atoms with Crippen LogP contribution in [0.25, 0.3) is 22.2 Å². The average molecular weight is 534 g/mol. The first-order valence-electron chi connectivity index (χ1n) is 13.9. The Balaban J connectivity index is 1.67. The van der Waals surface area contributed by atoms with Crippen molar-refractivity contribution in [2.45, 2.75) is 59.4 Å². The molecule has 0 aliphatic heterocycles. The second-order valence-electron chi connectivity index (χ2n) is 9.70. The lowest BCUT2D eigenvalue weighted by molar-refractivity contribution is 0.309. The highest BCUT2D eigenvalue weighted by Crippen LogP contribution is 2.36. The Morgan fingerprint density at radius 3 is 1.84 bits per heavy atom. The Hall–Kier alpha value is -3.11. The summed E-state index contributed by atoms with van der Waals surface area (Å²) in [5, 5.41) is 1.22. The van der Waals surface area contributed by atoms with Crippen molar-refractivity contribution >= 4 is 22.5 Å².